The Morgan fingerprint density at radius 2 is 1.72 bits per heavy atom. The maximum absolute atomic E-state index is 5.94. The van der Waals surface area contributed by atoms with Crippen LogP contribution in [0.5, 0.6) is 0 Å². The number of nitrogens with two attached hydrogens (primary N) is 1. The van der Waals surface area contributed by atoms with Gasteiger partial charge in [-0.3, -0.25) is 5.01 Å². The predicted octanol–water partition coefficient (Wildman–Crippen LogP) is 6.71. The molecule has 0 aromatic heterocycles. The molecule has 0 aliphatic carbocycles. The normalized spacial score (nSPS) is 14.4. The van der Waals surface area contributed by atoms with Crippen molar-refractivity contribution in [2.45, 2.75) is 58.4 Å². The molecule has 1 aliphatic heterocycles. The van der Waals surface area contributed by atoms with Crippen molar-refractivity contribution >= 4 is 11.4 Å². The van der Waals surface area contributed by atoms with E-state index < -0.39 is 0 Å². The highest BCUT2D eigenvalue weighted by Gasteiger charge is 2.18. The number of hydrogen-bond donors (Lipinski definition) is 1. The van der Waals surface area contributed by atoms with E-state index in [-0.39, 0.29) is 0 Å². The third-order valence-corrected chi connectivity index (χ3v) is 6.57. The van der Waals surface area contributed by atoms with Gasteiger partial charge in [-0.2, -0.15) is 5.10 Å². The van der Waals surface area contributed by atoms with Crippen LogP contribution in [0.1, 0.15) is 56.2 Å². The lowest BCUT2D eigenvalue weighted by molar-refractivity contribution is 0.227. The van der Waals surface area contributed by atoms with Gasteiger partial charge in [-0.1, -0.05) is 67.6 Å². The monoisotopic (exact) mass is 425 g/mol. The average Bonchev–Trinajstić information content (AvgIpc) is 3.30. The molecule has 3 nitrogen and oxygen atoms in total. The number of hydrazone groups is 1. The van der Waals surface area contributed by atoms with E-state index in [1.807, 2.05) is 18.2 Å². The van der Waals surface area contributed by atoms with Crippen LogP contribution < -0.4 is 5.73 Å². The Hall–Kier alpha value is -3.07. The molecule has 4 rings (SSSR count). The first-order chi connectivity index (χ1) is 15.6. The van der Waals surface area contributed by atoms with E-state index in [1.54, 1.807) is 0 Å². The standard InChI is InChI=1S/C29H35N3/c1-3-29-18-19-32(31-29)22(2)8-6-11-24-9-4-5-10-26(24)20-23-14-16-25(17-15-23)27-12-7-13-28(30)21-27/h4-5,7,9-10,12-17,21-22H,3,6,8,11,18-20,30H2,1-2H3. The first-order valence-electron chi connectivity index (χ1n) is 12.0. The van der Waals surface area contributed by atoms with Crippen molar-refractivity contribution in [3.05, 3.63) is 89.5 Å². The molecule has 0 radical (unpaired) electrons. The molecule has 32 heavy (non-hydrogen) atoms. The third kappa shape index (κ3) is 5.59. The molecular formula is C29H35N3. The lowest BCUT2D eigenvalue weighted by atomic mass is 9.94. The number of nitrogens with zero attached hydrogens (tertiary/aromatic N) is 2. The fourth-order valence-corrected chi connectivity index (χ4v) is 4.56. The molecule has 0 fully saturated rings. The van der Waals surface area contributed by atoms with Crippen LogP contribution in [0.15, 0.2) is 77.9 Å². The maximum atomic E-state index is 5.94. The summed E-state index contributed by atoms with van der Waals surface area (Å²) in [6.07, 6.45) is 6.69. The van der Waals surface area contributed by atoms with E-state index in [9.17, 15) is 0 Å². The Bertz CT molecular complexity index is 1050. The number of anilines is 1. The van der Waals surface area contributed by atoms with E-state index in [1.165, 1.54) is 46.4 Å². The summed E-state index contributed by atoms with van der Waals surface area (Å²) in [5.41, 5.74) is 14.7. The van der Waals surface area contributed by atoms with Gasteiger partial charge < -0.3 is 5.73 Å². The van der Waals surface area contributed by atoms with Crippen molar-refractivity contribution in [1.29, 1.82) is 0 Å². The number of hydrogen-bond acceptors (Lipinski definition) is 3. The molecule has 1 heterocycles. The smallest absolute Gasteiger partial charge is 0.0442 e. The molecule has 1 aliphatic rings. The molecule has 3 aromatic rings. The fourth-order valence-electron chi connectivity index (χ4n) is 4.56. The second-order valence-corrected chi connectivity index (χ2v) is 8.94. The zero-order valence-corrected chi connectivity index (χ0v) is 19.4. The summed E-state index contributed by atoms with van der Waals surface area (Å²) in [6.45, 7) is 5.61. The first-order valence-corrected chi connectivity index (χ1v) is 12.0. The fraction of sp³-hybridized carbons (Fsp3) is 0.345. The molecule has 1 unspecified atom stereocenters. The largest absolute Gasteiger partial charge is 0.399 e. The Morgan fingerprint density at radius 1 is 0.938 bits per heavy atom. The van der Waals surface area contributed by atoms with Crippen LogP contribution in [0, 0.1) is 0 Å². The van der Waals surface area contributed by atoms with E-state index in [2.05, 4.69) is 73.5 Å². The minimum atomic E-state index is 0.519. The highest BCUT2D eigenvalue weighted by Crippen LogP contribution is 2.24. The predicted molar refractivity (Wildman–Crippen MR) is 137 cm³/mol. The lowest BCUT2D eigenvalue weighted by Gasteiger charge is -2.22. The van der Waals surface area contributed by atoms with Gasteiger partial charge in [0, 0.05) is 30.4 Å². The van der Waals surface area contributed by atoms with Gasteiger partial charge in [0.15, 0.2) is 0 Å². The highest BCUT2D eigenvalue weighted by molar-refractivity contribution is 5.85. The van der Waals surface area contributed by atoms with Gasteiger partial charge in [0.1, 0.15) is 0 Å². The van der Waals surface area contributed by atoms with Gasteiger partial charge in [-0.05, 0) is 79.0 Å². The number of rotatable bonds is 9. The van der Waals surface area contributed by atoms with Gasteiger partial charge in [-0.25, -0.2) is 0 Å². The van der Waals surface area contributed by atoms with Crippen molar-refractivity contribution in [1.82, 2.24) is 5.01 Å². The van der Waals surface area contributed by atoms with Crippen LogP contribution in [0.4, 0.5) is 5.69 Å². The van der Waals surface area contributed by atoms with Crippen molar-refractivity contribution in [3.63, 3.8) is 0 Å². The SMILES string of the molecule is CCC1=NN(C(C)CCCc2ccccc2Cc2ccc(-c3cccc(N)c3)cc2)CC1. The summed E-state index contributed by atoms with van der Waals surface area (Å²) in [7, 11) is 0. The zero-order valence-electron chi connectivity index (χ0n) is 19.4. The maximum Gasteiger partial charge on any atom is 0.0442 e. The second-order valence-electron chi connectivity index (χ2n) is 8.94. The van der Waals surface area contributed by atoms with E-state index in [0.717, 1.165) is 37.9 Å². The first kappa shape index (κ1) is 22.1. The Morgan fingerprint density at radius 3 is 2.44 bits per heavy atom. The second kappa shape index (κ2) is 10.5. The van der Waals surface area contributed by atoms with Crippen molar-refractivity contribution < 1.29 is 0 Å². The molecule has 0 saturated carbocycles. The summed E-state index contributed by atoms with van der Waals surface area (Å²) in [5.74, 6) is 0. The Kier molecular flexibility index (Phi) is 7.26. The molecular weight excluding hydrogens is 390 g/mol. The molecule has 0 spiro atoms. The van der Waals surface area contributed by atoms with Gasteiger partial charge in [0.2, 0.25) is 0 Å². The van der Waals surface area contributed by atoms with Gasteiger partial charge in [0.05, 0.1) is 0 Å². The van der Waals surface area contributed by atoms with Crippen LogP contribution in [-0.4, -0.2) is 23.3 Å². The summed E-state index contributed by atoms with van der Waals surface area (Å²) in [6, 6.07) is 26.4. The van der Waals surface area contributed by atoms with Gasteiger partial charge in [-0.15, -0.1) is 0 Å². The van der Waals surface area contributed by atoms with Crippen LogP contribution in [-0.2, 0) is 12.8 Å². The van der Waals surface area contributed by atoms with Gasteiger partial charge >= 0.3 is 0 Å². The topological polar surface area (TPSA) is 41.6 Å². The number of benzene rings is 3. The summed E-state index contributed by atoms with van der Waals surface area (Å²) >= 11 is 0. The van der Waals surface area contributed by atoms with Crippen LogP contribution in [0.25, 0.3) is 11.1 Å². The van der Waals surface area contributed by atoms with Crippen molar-refractivity contribution in [2.24, 2.45) is 5.10 Å². The third-order valence-electron chi connectivity index (χ3n) is 6.57. The van der Waals surface area contributed by atoms with E-state index >= 15 is 0 Å². The minimum Gasteiger partial charge on any atom is -0.399 e. The molecule has 166 valence electrons. The van der Waals surface area contributed by atoms with E-state index in [4.69, 9.17) is 10.8 Å². The van der Waals surface area contributed by atoms with Crippen LogP contribution in [0.3, 0.4) is 0 Å². The number of nitrogen functional groups attached to an aromatic ring is 1. The average molecular weight is 426 g/mol. The molecule has 2 N–H and O–H groups in total. The van der Waals surface area contributed by atoms with Gasteiger partial charge in [0.25, 0.3) is 0 Å². The quantitative estimate of drug-likeness (QED) is 0.387. The highest BCUT2D eigenvalue weighted by atomic mass is 15.5. The molecule has 0 amide bonds. The van der Waals surface area contributed by atoms with Crippen molar-refractivity contribution in [2.75, 3.05) is 12.3 Å². The van der Waals surface area contributed by atoms with Crippen molar-refractivity contribution in [3.8, 4) is 11.1 Å². The van der Waals surface area contributed by atoms with Crippen LogP contribution in [0.2, 0.25) is 0 Å². The molecule has 3 aromatic carbocycles. The summed E-state index contributed by atoms with van der Waals surface area (Å²) < 4.78 is 0. The zero-order chi connectivity index (χ0) is 22.3. The Balaban J connectivity index is 1.36. The Labute approximate surface area is 193 Å². The summed E-state index contributed by atoms with van der Waals surface area (Å²) in [4.78, 5) is 0. The van der Waals surface area contributed by atoms with E-state index in [0.29, 0.717) is 6.04 Å². The molecule has 1 atom stereocenters. The summed E-state index contributed by atoms with van der Waals surface area (Å²) in [5, 5.41) is 7.08. The van der Waals surface area contributed by atoms with Crippen LogP contribution >= 0.6 is 0 Å². The lowest BCUT2D eigenvalue weighted by Crippen LogP contribution is -2.26. The minimum absolute atomic E-state index is 0.519. The molecule has 3 heteroatoms. The molecule has 0 bridgehead atoms. The molecule has 0 saturated heterocycles. The number of aryl methyl sites for hydroxylation is 1.